The molecule has 0 unspecified atom stereocenters. The molecule has 7 nitrogen and oxygen atoms in total. The molecule has 0 bridgehead atoms. The summed E-state index contributed by atoms with van der Waals surface area (Å²) in [4.78, 5) is 26.4. The number of pyridine rings is 1. The van der Waals surface area contributed by atoms with Crippen molar-refractivity contribution >= 4 is 51.5 Å². The highest BCUT2D eigenvalue weighted by atomic mass is 35.5. The average molecular weight is 411 g/mol. The van der Waals surface area contributed by atoms with E-state index in [0.717, 1.165) is 15.8 Å². The van der Waals surface area contributed by atoms with Crippen LogP contribution >= 0.6 is 22.9 Å². The van der Waals surface area contributed by atoms with Crippen molar-refractivity contribution in [1.29, 1.82) is 0 Å². The normalized spacial score (nSPS) is 10.9. The maximum atomic E-state index is 12.6. The number of fused-ring (bicyclic) bond motifs is 1. The van der Waals surface area contributed by atoms with Crippen molar-refractivity contribution in [3.05, 3.63) is 64.1 Å². The SMILES string of the molecule is NCc1cc(Cl)c2nc(NC(=O)c3ccc(-c4ccnc(N)n4)s3)ccc2c1. The first-order valence-electron chi connectivity index (χ1n) is 8.33. The van der Waals surface area contributed by atoms with E-state index < -0.39 is 0 Å². The summed E-state index contributed by atoms with van der Waals surface area (Å²) >= 11 is 7.61. The maximum Gasteiger partial charge on any atom is 0.266 e. The Morgan fingerprint density at radius 2 is 2.00 bits per heavy atom. The van der Waals surface area contributed by atoms with Crippen molar-refractivity contribution in [3.8, 4) is 10.6 Å². The van der Waals surface area contributed by atoms with Crippen molar-refractivity contribution < 1.29 is 4.79 Å². The molecule has 0 saturated heterocycles. The van der Waals surface area contributed by atoms with Gasteiger partial charge < -0.3 is 16.8 Å². The minimum Gasteiger partial charge on any atom is -0.368 e. The number of hydrogen-bond acceptors (Lipinski definition) is 7. The van der Waals surface area contributed by atoms with E-state index in [0.29, 0.717) is 33.5 Å². The molecular weight excluding hydrogens is 396 g/mol. The number of carbonyl (C=O) groups excluding carboxylic acids is 1. The second kappa shape index (κ2) is 7.51. The fraction of sp³-hybridized carbons (Fsp3) is 0.0526. The summed E-state index contributed by atoms with van der Waals surface area (Å²) in [6.45, 7) is 0.396. The highest BCUT2D eigenvalue weighted by molar-refractivity contribution is 7.17. The molecule has 0 aliphatic carbocycles. The lowest BCUT2D eigenvalue weighted by Gasteiger charge is -2.07. The number of anilines is 2. The van der Waals surface area contributed by atoms with Crippen LogP contribution in [0.15, 0.2) is 48.7 Å². The number of aromatic nitrogens is 3. The molecule has 4 rings (SSSR count). The monoisotopic (exact) mass is 410 g/mol. The average Bonchev–Trinajstić information content (AvgIpc) is 3.19. The molecule has 0 spiro atoms. The van der Waals surface area contributed by atoms with Gasteiger partial charge in [0.25, 0.3) is 5.91 Å². The largest absolute Gasteiger partial charge is 0.368 e. The minimum atomic E-state index is -0.264. The molecule has 0 aliphatic rings. The van der Waals surface area contributed by atoms with E-state index in [9.17, 15) is 4.79 Å². The molecule has 1 aromatic carbocycles. The van der Waals surface area contributed by atoms with Crippen LogP contribution < -0.4 is 16.8 Å². The van der Waals surface area contributed by atoms with Crippen LogP contribution in [-0.2, 0) is 6.54 Å². The number of nitrogens with two attached hydrogens (primary N) is 2. The van der Waals surface area contributed by atoms with Gasteiger partial charge in [-0.25, -0.2) is 15.0 Å². The quantitative estimate of drug-likeness (QED) is 0.471. The smallest absolute Gasteiger partial charge is 0.266 e. The first-order chi connectivity index (χ1) is 13.5. The molecule has 3 heterocycles. The van der Waals surface area contributed by atoms with Crippen molar-refractivity contribution in [2.75, 3.05) is 11.1 Å². The Morgan fingerprint density at radius 3 is 2.79 bits per heavy atom. The first kappa shape index (κ1) is 18.3. The fourth-order valence-corrected chi connectivity index (χ4v) is 3.89. The molecule has 1 amide bonds. The van der Waals surface area contributed by atoms with Crippen LogP contribution in [0, 0.1) is 0 Å². The van der Waals surface area contributed by atoms with E-state index in [2.05, 4.69) is 20.3 Å². The predicted molar refractivity (Wildman–Crippen MR) is 112 cm³/mol. The zero-order chi connectivity index (χ0) is 19.7. The van der Waals surface area contributed by atoms with E-state index in [-0.39, 0.29) is 11.9 Å². The van der Waals surface area contributed by atoms with Crippen molar-refractivity contribution in [3.63, 3.8) is 0 Å². The zero-order valence-electron chi connectivity index (χ0n) is 14.5. The van der Waals surface area contributed by atoms with Crippen LogP contribution in [0.3, 0.4) is 0 Å². The number of carbonyl (C=O) groups is 1. The molecule has 0 aliphatic heterocycles. The van der Waals surface area contributed by atoms with Crippen LogP contribution in [0.4, 0.5) is 11.8 Å². The van der Waals surface area contributed by atoms with E-state index in [1.54, 1.807) is 30.5 Å². The van der Waals surface area contributed by atoms with Gasteiger partial charge in [0.15, 0.2) is 0 Å². The van der Waals surface area contributed by atoms with Gasteiger partial charge in [-0.05, 0) is 48.0 Å². The number of thiophene rings is 1. The molecule has 3 aromatic heterocycles. The summed E-state index contributed by atoms with van der Waals surface area (Å²) in [5.41, 5.74) is 13.5. The van der Waals surface area contributed by atoms with Crippen molar-refractivity contribution in [2.24, 2.45) is 5.73 Å². The molecule has 140 valence electrons. The lowest BCUT2D eigenvalue weighted by Crippen LogP contribution is -2.11. The van der Waals surface area contributed by atoms with Crippen molar-refractivity contribution in [2.45, 2.75) is 6.54 Å². The van der Waals surface area contributed by atoms with Crippen LogP contribution in [-0.4, -0.2) is 20.9 Å². The van der Waals surface area contributed by atoms with Gasteiger partial charge >= 0.3 is 0 Å². The topological polar surface area (TPSA) is 120 Å². The highest BCUT2D eigenvalue weighted by Gasteiger charge is 2.13. The number of hydrogen-bond donors (Lipinski definition) is 3. The van der Waals surface area contributed by atoms with Gasteiger partial charge in [0.2, 0.25) is 5.95 Å². The van der Waals surface area contributed by atoms with E-state index in [4.69, 9.17) is 23.1 Å². The van der Waals surface area contributed by atoms with Crippen LogP contribution in [0.25, 0.3) is 21.5 Å². The van der Waals surface area contributed by atoms with Gasteiger partial charge in [-0.2, -0.15) is 0 Å². The Hall–Kier alpha value is -3.07. The highest BCUT2D eigenvalue weighted by Crippen LogP contribution is 2.28. The van der Waals surface area contributed by atoms with E-state index >= 15 is 0 Å². The summed E-state index contributed by atoms with van der Waals surface area (Å²) < 4.78 is 0. The number of nitrogens with one attached hydrogen (secondary N) is 1. The second-order valence-electron chi connectivity index (χ2n) is 5.97. The lowest BCUT2D eigenvalue weighted by atomic mass is 10.1. The van der Waals surface area contributed by atoms with Gasteiger partial charge in [-0.15, -0.1) is 11.3 Å². The third-order valence-corrected chi connectivity index (χ3v) is 5.43. The molecule has 28 heavy (non-hydrogen) atoms. The van der Waals surface area contributed by atoms with Gasteiger partial charge in [0.05, 0.1) is 26.0 Å². The predicted octanol–water partition coefficient (Wildman–Crippen LogP) is 3.70. The Balaban J connectivity index is 1.58. The number of nitrogen functional groups attached to an aromatic ring is 1. The van der Waals surface area contributed by atoms with Gasteiger partial charge in [0.1, 0.15) is 5.82 Å². The number of benzene rings is 1. The van der Waals surface area contributed by atoms with Gasteiger partial charge in [-0.1, -0.05) is 11.6 Å². The van der Waals surface area contributed by atoms with Gasteiger partial charge in [-0.3, -0.25) is 4.79 Å². The number of rotatable bonds is 4. The Bertz CT molecular complexity index is 1190. The summed E-state index contributed by atoms with van der Waals surface area (Å²) in [5, 5.41) is 4.16. The molecule has 4 aromatic rings. The standard InChI is InChI=1S/C19H15ClN6OS/c20-12-8-10(9-21)7-11-1-4-16(25-17(11)12)26-18(27)15-3-2-14(28-15)13-5-6-23-19(22)24-13/h1-8H,9,21H2,(H2,22,23,24)(H,25,26,27). The number of amides is 1. The van der Waals surface area contributed by atoms with Gasteiger partial charge in [0, 0.05) is 18.1 Å². The Morgan fingerprint density at radius 1 is 1.14 bits per heavy atom. The Labute approximate surface area is 169 Å². The summed E-state index contributed by atoms with van der Waals surface area (Å²) in [5.74, 6) is 0.341. The van der Waals surface area contributed by atoms with Crippen molar-refractivity contribution in [1.82, 2.24) is 15.0 Å². The zero-order valence-corrected chi connectivity index (χ0v) is 16.1. The number of nitrogens with zero attached hydrogens (tertiary/aromatic N) is 3. The van der Waals surface area contributed by atoms with Crippen LogP contribution in [0.1, 0.15) is 15.2 Å². The van der Waals surface area contributed by atoms with E-state index in [1.165, 1.54) is 11.3 Å². The van der Waals surface area contributed by atoms with Crippen LogP contribution in [0.5, 0.6) is 0 Å². The third kappa shape index (κ3) is 3.65. The van der Waals surface area contributed by atoms with E-state index in [1.807, 2.05) is 18.2 Å². The Kier molecular flexibility index (Phi) is 4.91. The van der Waals surface area contributed by atoms with Crippen LogP contribution in [0.2, 0.25) is 5.02 Å². The second-order valence-corrected chi connectivity index (χ2v) is 7.46. The molecule has 0 radical (unpaired) electrons. The summed E-state index contributed by atoms with van der Waals surface area (Å²) in [7, 11) is 0. The third-order valence-electron chi connectivity index (χ3n) is 4.04. The number of halogens is 1. The minimum absolute atomic E-state index is 0.187. The first-order valence-corrected chi connectivity index (χ1v) is 9.52. The maximum absolute atomic E-state index is 12.6. The fourth-order valence-electron chi connectivity index (χ4n) is 2.72. The molecule has 0 fully saturated rings. The lowest BCUT2D eigenvalue weighted by molar-refractivity contribution is 0.103. The summed E-state index contributed by atoms with van der Waals surface area (Å²) in [6, 6.07) is 12.6. The molecule has 5 N–H and O–H groups in total. The molecule has 9 heteroatoms. The molecular formula is C19H15ClN6OS. The molecule has 0 atom stereocenters. The summed E-state index contributed by atoms with van der Waals surface area (Å²) in [6.07, 6.45) is 1.58. The molecule has 0 saturated carbocycles.